The van der Waals surface area contributed by atoms with E-state index in [1.165, 1.54) is 20.3 Å². The summed E-state index contributed by atoms with van der Waals surface area (Å²) >= 11 is 0. The predicted octanol–water partition coefficient (Wildman–Crippen LogP) is 1.77. The number of aliphatic hydroxyl groups is 1. The summed E-state index contributed by atoms with van der Waals surface area (Å²) in [5, 5.41) is 14.4. The molecule has 0 aliphatic heterocycles. The molecule has 2 amide bonds. The van der Waals surface area contributed by atoms with E-state index in [0.717, 1.165) is 12.1 Å². The van der Waals surface area contributed by atoms with E-state index in [4.69, 9.17) is 9.47 Å². The molecule has 144 valence electrons. The molecule has 1 atom stereocenters. The Balaban J connectivity index is 1.95. The first-order valence-electron chi connectivity index (χ1n) is 7.80. The Bertz CT molecular complexity index is 844. The van der Waals surface area contributed by atoms with Gasteiger partial charge in [-0.3, -0.25) is 9.59 Å². The molecule has 0 spiro atoms. The van der Waals surface area contributed by atoms with Crippen LogP contribution in [-0.4, -0.2) is 37.7 Å². The Labute approximate surface area is 153 Å². The minimum Gasteiger partial charge on any atom is -0.493 e. The Kier molecular flexibility index (Phi) is 6.67. The number of methoxy groups -OCH3 is 2. The molecule has 3 N–H and O–H groups in total. The SMILES string of the molecule is COc1ccc(C(O)CNC(=O)C(=O)Nc2ccc(F)cc2F)cc1OC. The average Bonchev–Trinajstić information content (AvgIpc) is 2.67. The second-order valence-corrected chi connectivity index (χ2v) is 5.42. The minimum atomic E-state index is -1.15. The minimum absolute atomic E-state index is 0.270. The van der Waals surface area contributed by atoms with E-state index < -0.39 is 29.6 Å². The summed E-state index contributed by atoms with van der Waals surface area (Å²) in [4.78, 5) is 23.6. The molecule has 0 aliphatic rings. The maximum Gasteiger partial charge on any atom is 0.313 e. The standard InChI is InChI=1S/C18H18F2N2O5/c1-26-15-6-3-10(7-16(15)27-2)14(23)9-21-17(24)18(25)22-13-5-4-11(19)8-12(13)20/h3-8,14,23H,9H2,1-2H3,(H,21,24)(H,22,25). The fraction of sp³-hybridized carbons (Fsp3) is 0.222. The molecule has 2 aromatic carbocycles. The van der Waals surface area contributed by atoms with Gasteiger partial charge in [-0.1, -0.05) is 6.07 Å². The van der Waals surface area contributed by atoms with Gasteiger partial charge in [0.1, 0.15) is 11.6 Å². The highest BCUT2D eigenvalue weighted by molar-refractivity contribution is 6.39. The highest BCUT2D eigenvalue weighted by atomic mass is 19.1. The molecule has 0 aromatic heterocycles. The number of carbonyl (C=O) groups is 2. The average molecular weight is 380 g/mol. The second-order valence-electron chi connectivity index (χ2n) is 5.42. The Morgan fingerprint density at radius 2 is 1.74 bits per heavy atom. The number of benzene rings is 2. The zero-order valence-corrected chi connectivity index (χ0v) is 14.6. The molecule has 0 saturated heterocycles. The van der Waals surface area contributed by atoms with Crippen molar-refractivity contribution >= 4 is 17.5 Å². The maximum absolute atomic E-state index is 13.5. The van der Waals surface area contributed by atoms with E-state index in [1.807, 2.05) is 5.32 Å². The fourth-order valence-electron chi connectivity index (χ4n) is 2.22. The van der Waals surface area contributed by atoms with Gasteiger partial charge in [-0.2, -0.15) is 0 Å². The molecule has 2 aromatic rings. The molecule has 0 bridgehead atoms. The van der Waals surface area contributed by atoms with Crippen molar-refractivity contribution in [1.82, 2.24) is 5.32 Å². The van der Waals surface area contributed by atoms with Crippen LogP contribution < -0.4 is 20.1 Å². The summed E-state index contributed by atoms with van der Waals surface area (Å²) in [6, 6.07) is 7.21. The van der Waals surface area contributed by atoms with Crippen LogP contribution in [0.5, 0.6) is 11.5 Å². The summed E-state index contributed by atoms with van der Waals surface area (Å²) < 4.78 is 36.6. The molecule has 0 heterocycles. The van der Waals surface area contributed by atoms with Crippen LogP contribution in [-0.2, 0) is 9.59 Å². The van der Waals surface area contributed by atoms with E-state index in [2.05, 4.69) is 5.32 Å². The van der Waals surface area contributed by atoms with Crippen molar-refractivity contribution in [2.45, 2.75) is 6.10 Å². The molecule has 9 heteroatoms. The Morgan fingerprint density at radius 1 is 1.04 bits per heavy atom. The monoisotopic (exact) mass is 380 g/mol. The molecule has 0 radical (unpaired) electrons. The number of rotatable bonds is 6. The Morgan fingerprint density at radius 3 is 2.37 bits per heavy atom. The Hall–Kier alpha value is -3.20. The molecule has 2 rings (SSSR count). The molecule has 0 saturated carbocycles. The van der Waals surface area contributed by atoms with Crippen molar-refractivity contribution in [3.05, 3.63) is 53.6 Å². The molecular weight excluding hydrogens is 362 g/mol. The highest BCUT2D eigenvalue weighted by Gasteiger charge is 2.18. The topological polar surface area (TPSA) is 96.9 Å². The fourth-order valence-corrected chi connectivity index (χ4v) is 2.22. The second kappa shape index (κ2) is 8.95. The number of aliphatic hydroxyl groups excluding tert-OH is 1. The summed E-state index contributed by atoms with van der Waals surface area (Å²) in [7, 11) is 2.91. The lowest BCUT2D eigenvalue weighted by atomic mass is 10.1. The first kappa shape index (κ1) is 20.1. The number of anilines is 1. The van der Waals surface area contributed by atoms with Crippen LogP contribution in [0, 0.1) is 11.6 Å². The van der Waals surface area contributed by atoms with Crippen LogP contribution in [0.25, 0.3) is 0 Å². The molecule has 27 heavy (non-hydrogen) atoms. The number of carbonyl (C=O) groups excluding carboxylic acids is 2. The first-order chi connectivity index (χ1) is 12.8. The van der Waals surface area contributed by atoms with Crippen molar-refractivity contribution in [3.63, 3.8) is 0 Å². The van der Waals surface area contributed by atoms with Crippen LogP contribution in [0.3, 0.4) is 0 Å². The van der Waals surface area contributed by atoms with Crippen LogP contribution in [0.15, 0.2) is 36.4 Å². The lowest BCUT2D eigenvalue weighted by Gasteiger charge is -2.15. The van der Waals surface area contributed by atoms with Crippen molar-refractivity contribution in [2.75, 3.05) is 26.1 Å². The van der Waals surface area contributed by atoms with E-state index in [1.54, 1.807) is 12.1 Å². The van der Waals surface area contributed by atoms with Gasteiger partial charge in [0, 0.05) is 12.6 Å². The summed E-state index contributed by atoms with van der Waals surface area (Å²) in [5.74, 6) is -3.20. The number of nitrogens with one attached hydrogen (secondary N) is 2. The lowest BCUT2D eigenvalue weighted by Crippen LogP contribution is -2.37. The van der Waals surface area contributed by atoms with Gasteiger partial charge in [-0.15, -0.1) is 0 Å². The van der Waals surface area contributed by atoms with Gasteiger partial charge in [0.15, 0.2) is 11.5 Å². The van der Waals surface area contributed by atoms with E-state index >= 15 is 0 Å². The number of hydrogen-bond donors (Lipinski definition) is 3. The van der Waals surface area contributed by atoms with Crippen LogP contribution in [0.4, 0.5) is 14.5 Å². The quantitative estimate of drug-likeness (QED) is 0.664. The highest BCUT2D eigenvalue weighted by Crippen LogP contribution is 2.29. The summed E-state index contributed by atoms with van der Waals surface area (Å²) in [6.07, 6.45) is -1.12. The van der Waals surface area contributed by atoms with Gasteiger partial charge in [0.25, 0.3) is 0 Å². The number of ether oxygens (including phenoxy) is 2. The van der Waals surface area contributed by atoms with Crippen molar-refractivity contribution in [1.29, 1.82) is 0 Å². The maximum atomic E-state index is 13.5. The van der Waals surface area contributed by atoms with Crippen molar-refractivity contribution in [2.24, 2.45) is 0 Å². The number of halogens is 2. The molecular formula is C18H18F2N2O5. The molecule has 0 fully saturated rings. The van der Waals surface area contributed by atoms with E-state index in [-0.39, 0.29) is 12.2 Å². The van der Waals surface area contributed by atoms with Crippen molar-refractivity contribution in [3.8, 4) is 11.5 Å². The predicted molar refractivity (Wildman–Crippen MR) is 92.5 cm³/mol. The van der Waals surface area contributed by atoms with Crippen LogP contribution >= 0.6 is 0 Å². The third-order valence-corrected chi connectivity index (χ3v) is 3.63. The normalized spacial score (nSPS) is 11.4. The largest absolute Gasteiger partial charge is 0.493 e. The van der Waals surface area contributed by atoms with Gasteiger partial charge in [0.2, 0.25) is 0 Å². The van der Waals surface area contributed by atoms with Crippen LogP contribution in [0.2, 0.25) is 0 Å². The van der Waals surface area contributed by atoms with E-state index in [9.17, 15) is 23.5 Å². The number of hydrogen-bond acceptors (Lipinski definition) is 5. The van der Waals surface area contributed by atoms with Gasteiger partial charge in [-0.05, 0) is 29.8 Å². The van der Waals surface area contributed by atoms with Gasteiger partial charge < -0.3 is 25.2 Å². The van der Waals surface area contributed by atoms with Gasteiger partial charge in [0.05, 0.1) is 26.0 Å². The zero-order valence-electron chi connectivity index (χ0n) is 14.6. The number of amides is 2. The summed E-state index contributed by atoms with van der Waals surface area (Å²) in [6.45, 7) is -0.270. The smallest absolute Gasteiger partial charge is 0.313 e. The molecule has 7 nitrogen and oxygen atoms in total. The molecule has 0 aliphatic carbocycles. The first-order valence-corrected chi connectivity index (χ1v) is 7.80. The summed E-state index contributed by atoms with van der Waals surface area (Å²) in [5.41, 5.74) is 0.0925. The van der Waals surface area contributed by atoms with Gasteiger partial charge >= 0.3 is 11.8 Å². The van der Waals surface area contributed by atoms with Crippen LogP contribution in [0.1, 0.15) is 11.7 Å². The third-order valence-electron chi connectivity index (χ3n) is 3.63. The third kappa shape index (κ3) is 5.14. The lowest BCUT2D eigenvalue weighted by molar-refractivity contribution is -0.136. The van der Waals surface area contributed by atoms with E-state index in [0.29, 0.717) is 23.1 Å². The zero-order chi connectivity index (χ0) is 20.0. The molecule has 1 unspecified atom stereocenters. The van der Waals surface area contributed by atoms with Gasteiger partial charge in [-0.25, -0.2) is 8.78 Å². The van der Waals surface area contributed by atoms with Crippen molar-refractivity contribution < 1.29 is 33.0 Å².